The summed E-state index contributed by atoms with van der Waals surface area (Å²) in [6.45, 7) is 3.55. The monoisotopic (exact) mass is 380 g/mol. The molecule has 2 aliphatic rings. The molecule has 2 amide bonds. The molecule has 2 atom stereocenters. The SMILES string of the molecule is C=CC1=C(C(=O)O)N2C(=O)C(NC(=O)C(=O)c3csc(N)n3)[C@@H]2SC1. The Morgan fingerprint density at radius 3 is 2.76 bits per heavy atom. The Balaban J connectivity index is 1.75. The molecule has 4 N–H and O–H groups in total. The smallest absolute Gasteiger partial charge is 0.352 e. The summed E-state index contributed by atoms with van der Waals surface area (Å²) >= 11 is 2.30. The van der Waals surface area contributed by atoms with Crippen LogP contribution in [0.25, 0.3) is 0 Å². The molecular weight excluding hydrogens is 368 g/mol. The second-order valence-electron chi connectivity index (χ2n) is 5.14. The number of thioether (sulfide) groups is 1. The number of nitrogens with zero attached hydrogens (tertiary/aromatic N) is 2. The van der Waals surface area contributed by atoms with Crippen molar-refractivity contribution in [1.29, 1.82) is 0 Å². The molecule has 1 unspecified atom stereocenters. The van der Waals surface area contributed by atoms with Crippen molar-refractivity contribution in [3.63, 3.8) is 0 Å². The number of hydrogen-bond donors (Lipinski definition) is 3. The van der Waals surface area contributed by atoms with Crippen molar-refractivity contribution in [2.45, 2.75) is 11.4 Å². The Kier molecular flexibility index (Phi) is 4.35. The summed E-state index contributed by atoms with van der Waals surface area (Å²) < 4.78 is 0. The number of rotatable bonds is 5. The molecule has 0 bridgehead atoms. The third kappa shape index (κ3) is 2.81. The van der Waals surface area contributed by atoms with Gasteiger partial charge in [-0.2, -0.15) is 0 Å². The number of hydrogen-bond acceptors (Lipinski definition) is 8. The van der Waals surface area contributed by atoms with Crippen LogP contribution in [-0.2, 0) is 14.4 Å². The van der Waals surface area contributed by atoms with Crippen LogP contribution in [0.2, 0.25) is 0 Å². The molecule has 25 heavy (non-hydrogen) atoms. The Hall–Kier alpha value is -2.66. The number of β-lactam (4-membered cyclic amide) rings is 1. The Bertz CT molecular complexity index is 846. The fourth-order valence-corrected chi connectivity index (χ4v) is 4.40. The number of allylic oxidation sites excluding steroid dienone is 1. The second kappa shape index (κ2) is 6.33. The second-order valence-corrected chi connectivity index (χ2v) is 7.14. The fourth-order valence-electron chi connectivity index (χ4n) is 2.51. The van der Waals surface area contributed by atoms with E-state index in [1.807, 2.05) is 0 Å². The van der Waals surface area contributed by atoms with Crippen LogP contribution in [0.3, 0.4) is 0 Å². The zero-order valence-corrected chi connectivity index (χ0v) is 14.2. The molecule has 1 fully saturated rings. The number of carboxylic acid groups (broad SMARTS) is 1. The standard InChI is InChI=1S/C14H12N4O5S2/c1-2-5-3-24-12-7(11(21)18(12)8(5)13(22)23)17-10(20)9(19)6-4-25-14(15)16-6/h2,4,7,12H,1,3H2,(H2,15,16)(H,17,20)(H,22,23)/t7?,12-/m0/s1. The Morgan fingerprint density at radius 1 is 1.48 bits per heavy atom. The van der Waals surface area contributed by atoms with Gasteiger partial charge < -0.3 is 16.2 Å². The number of nitrogens with two attached hydrogens (primary N) is 1. The van der Waals surface area contributed by atoms with Gasteiger partial charge in [-0.05, 0) is 5.57 Å². The third-order valence-electron chi connectivity index (χ3n) is 3.69. The average molecular weight is 380 g/mol. The average Bonchev–Trinajstić information content (AvgIpc) is 3.03. The molecule has 0 aliphatic carbocycles. The molecule has 1 saturated heterocycles. The summed E-state index contributed by atoms with van der Waals surface area (Å²) in [5.74, 6) is -3.39. The van der Waals surface area contributed by atoms with Gasteiger partial charge in [0.1, 0.15) is 22.8 Å². The van der Waals surface area contributed by atoms with E-state index in [9.17, 15) is 24.3 Å². The molecule has 2 aliphatic heterocycles. The lowest BCUT2D eigenvalue weighted by atomic mass is 10.0. The van der Waals surface area contributed by atoms with Crippen molar-refractivity contribution >= 4 is 51.8 Å². The van der Waals surface area contributed by atoms with Gasteiger partial charge in [0.05, 0.1) is 0 Å². The highest BCUT2D eigenvalue weighted by atomic mass is 32.2. The minimum Gasteiger partial charge on any atom is -0.477 e. The van der Waals surface area contributed by atoms with Crippen molar-refractivity contribution < 1.29 is 24.3 Å². The van der Waals surface area contributed by atoms with Crippen LogP contribution in [-0.4, -0.2) is 55.7 Å². The predicted molar refractivity (Wildman–Crippen MR) is 90.7 cm³/mol. The number of amides is 2. The van der Waals surface area contributed by atoms with Gasteiger partial charge in [-0.1, -0.05) is 12.7 Å². The van der Waals surface area contributed by atoms with Gasteiger partial charge in [0.2, 0.25) is 0 Å². The van der Waals surface area contributed by atoms with Crippen molar-refractivity contribution in [1.82, 2.24) is 15.2 Å². The molecule has 0 spiro atoms. The van der Waals surface area contributed by atoms with Crippen molar-refractivity contribution in [2.75, 3.05) is 11.5 Å². The minimum absolute atomic E-state index is 0.0972. The number of carboxylic acids is 1. The topological polar surface area (TPSA) is 143 Å². The molecule has 3 heterocycles. The summed E-state index contributed by atoms with van der Waals surface area (Å²) in [4.78, 5) is 52.6. The first kappa shape index (κ1) is 17.2. The largest absolute Gasteiger partial charge is 0.477 e. The molecular formula is C14H12N4O5S2. The van der Waals surface area contributed by atoms with Crippen LogP contribution in [0.4, 0.5) is 5.13 Å². The Morgan fingerprint density at radius 2 is 2.20 bits per heavy atom. The number of nitrogen functional groups attached to an aromatic ring is 1. The number of aliphatic carboxylic acids is 1. The van der Waals surface area contributed by atoms with Gasteiger partial charge >= 0.3 is 5.97 Å². The maximum absolute atomic E-state index is 12.3. The van der Waals surface area contributed by atoms with E-state index in [2.05, 4.69) is 16.9 Å². The van der Waals surface area contributed by atoms with Gasteiger partial charge in [-0.15, -0.1) is 23.1 Å². The van der Waals surface area contributed by atoms with Crippen LogP contribution in [0, 0.1) is 0 Å². The van der Waals surface area contributed by atoms with Gasteiger partial charge in [-0.25, -0.2) is 9.78 Å². The van der Waals surface area contributed by atoms with Crippen molar-refractivity contribution in [3.8, 4) is 0 Å². The number of Topliss-reactive ketones (excluding diaryl/α,β-unsaturated/α-hetero) is 1. The number of thiazole rings is 1. The zero-order chi connectivity index (χ0) is 18.3. The number of carbonyl (C=O) groups excluding carboxylic acids is 3. The quantitative estimate of drug-likeness (QED) is 0.363. The maximum Gasteiger partial charge on any atom is 0.352 e. The number of carbonyl (C=O) groups is 4. The van der Waals surface area contributed by atoms with E-state index < -0.39 is 35.0 Å². The first-order valence-corrected chi connectivity index (χ1v) is 8.87. The van der Waals surface area contributed by atoms with E-state index in [1.165, 1.54) is 23.2 Å². The number of fused-ring (bicyclic) bond motifs is 1. The molecule has 0 aromatic carbocycles. The highest BCUT2D eigenvalue weighted by Gasteiger charge is 2.54. The van der Waals surface area contributed by atoms with Crippen LogP contribution in [0.5, 0.6) is 0 Å². The summed E-state index contributed by atoms with van der Waals surface area (Å²) in [6, 6.07) is -0.974. The fraction of sp³-hybridized carbons (Fsp3) is 0.214. The van der Waals surface area contributed by atoms with E-state index in [1.54, 1.807) is 0 Å². The molecule has 1 aromatic rings. The molecule has 0 saturated carbocycles. The van der Waals surface area contributed by atoms with Crippen LogP contribution in [0.15, 0.2) is 29.3 Å². The number of nitrogens with one attached hydrogen (secondary N) is 1. The highest BCUT2D eigenvalue weighted by Crippen LogP contribution is 2.40. The molecule has 9 nitrogen and oxygen atoms in total. The molecule has 0 radical (unpaired) electrons. The van der Waals surface area contributed by atoms with E-state index in [-0.39, 0.29) is 16.5 Å². The summed E-state index contributed by atoms with van der Waals surface area (Å²) in [7, 11) is 0. The molecule has 130 valence electrons. The number of aromatic nitrogens is 1. The zero-order valence-electron chi connectivity index (χ0n) is 12.6. The lowest BCUT2D eigenvalue weighted by molar-refractivity contribution is -0.150. The van der Waals surface area contributed by atoms with Crippen LogP contribution in [0.1, 0.15) is 10.5 Å². The number of anilines is 1. The Labute approximate surface area is 149 Å². The third-order valence-corrected chi connectivity index (χ3v) is 5.67. The van der Waals surface area contributed by atoms with E-state index >= 15 is 0 Å². The van der Waals surface area contributed by atoms with Crippen LogP contribution < -0.4 is 11.1 Å². The predicted octanol–water partition coefficient (Wildman–Crippen LogP) is -0.167. The van der Waals surface area contributed by atoms with Gasteiger partial charge in [0.25, 0.3) is 17.6 Å². The van der Waals surface area contributed by atoms with E-state index in [0.29, 0.717) is 11.3 Å². The molecule has 11 heteroatoms. The lowest BCUT2D eigenvalue weighted by Crippen LogP contribution is -2.71. The van der Waals surface area contributed by atoms with Gasteiger partial charge in [0, 0.05) is 11.1 Å². The normalized spacial score (nSPS) is 22.1. The van der Waals surface area contributed by atoms with Crippen LogP contribution >= 0.6 is 23.1 Å². The minimum atomic E-state index is -1.24. The van der Waals surface area contributed by atoms with Gasteiger partial charge in [0.15, 0.2) is 5.13 Å². The summed E-state index contributed by atoms with van der Waals surface area (Å²) in [5.41, 5.74) is 5.61. The van der Waals surface area contributed by atoms with Crippen molar-refractivity contribution in [2.24, 2.45) is 0 Å². The summed E-state index contributed by atoms with van der Waals surface area (Å²) in [5, 5.41) is 12.6. The first-order chi connectivity index (χ1) is 11.8. The van der Waals surface area contributed by atoms with Gasteiger partial charge in [-0.3, -0.25) is 19.3 Å². The maximum atomic E-state index is 12.3. The van der Waals surface area contributed by atoms with Crippen molar-refractivity contribution in [3.05, 3.63) is 35.0 Å². The molecule has 1 aromatic heterocycles. The summed E-state index contributed by atoms with van der Waals surface area (Å²) in [6.07, 6.45) is 1.39. The first-order valence-electron chi connectivity index (χ1n) is 6.95. The highest BCUT2D eigenvalue weighted by molar-refractivity contribution is 8.00. The van der Waals surface area contributed by atoms with E-state index in [0.717, 1.165) is 16.2 Å². The lowest BCUT2D eigenvalue weighted by Gasteiger charge is -2.49. The number of ketones is 1. The molecule has 3 rings (SSSR count). The van der Waals surface area contributed by atoms with E-state index in [4.69, 9.17) is 5.73 Å².